The fourth-order valence-electron chi connectivity index (χ4n) is 7.61. The lowest BCUT2D eigenvalue weighted by atomic mass is 9.99. The first-order valence-corrected chi connectivity index (χ1v) is 24.3. The van der Waals surface area contributed by atoms with E-state index in [2.05, 4.69) is 43.5 Å². The van der Waals surface area contributed by atoms with Gasteiger partial charge in [-0.3, -0.25) is 4.79 Å². The van der Waals surface area contributed by atoms with Gasteiger partial charge in [-0.05, 0) is 44.9 Å². The molecule has 346 valence electrons. The number of unbranched alkanes of at least 4 members (excludes halogenated alkanes) is 25. The summed E-state index contributed by atoms with van der Waals surface area (Å²) in [6, 6.07) is -0.979. The van der Waals surface area contributed by atoms with Crippen LogP contribution in [0.1, 0.15) is 206 Å². The highest BCUT2D eigenvalue weighted by molar-refractivity contribution is 5.80. The summed E-state index contributed by atoms with van der Waals surface area (Å²) >= 11 is 0. The van der Waals surface area contributed by atoms with Gasteiger partial charge in [0.2, 0.25) is 5.91 Å². The molecule has 1 fully saturated rings. The van der Waals surface area contributed by atoms with Gasteiger partial charge in [-0.2, -0.15) is 0 Å². The zero-order chi connectivity index (χ0) is 43.2. The van der Waals surface area contributed by atoms with Gasteiger partial charge in [0.05, 0.1) is 25.4 Å². The monoisotopic (exact) mass is 838 g/mol. The molecule has 0 radical (unpaired) electrons. The fourth-order valence-corrected chi connectivity index (χ4v) is 7.61. The molecule has 1 saturated heterocycles. The number of hydrogen-bond donors (Lipinski definition) is 7. The largest absolute Gasteiger partial charge is 0.394 e. The van der Waals surface area contributed by atoms with Crippen LogP contribution < -0.4 is 5.32 Å². The molecule has 1 aliphatic heterocycles. The standard InChI is InChI=1S/C49H91NO9/c1-3-5-7-9-11-13-15-17-19-20-21-22-23-24-26-28-30-32-34-36-38-43(53)48(57)50-41(40-58-49-47(56)46(55)45(54)44(39-51)59-49)42(52)37-35-33-31-29-27-25-18-16-14-12-10-8-6-4-2/h5,7,11,13,35,37,41-47,49,51-56H,3-4,6,8-10,12,14-34,36,38-40H2,1-2H3,(H,50,57)/b7-5-,13-11-,37-35+. The van der Waals surface area contributed by atoms with Crippen molar-refractivity contribution in [2.75, 3.05) is 13.2 Å². The molecule has 0 aromatic heterocycles. The maximum absolute atomic E-state index is 13.1. The van der Waals surface area contributed by atoms with Crippen molar-refractivity contribution in [1.82, 2.24) is 5.32 Å². The summed E-state index contributed by atoms with van der Waals surface area (Å²) < 4.78 is 11.1. The molecular formula is C49H91NO9. The third-order valence-electron chi connectivity index (χ3n) is 11.6. The molecular weight excluding hydrogens is 747 g/mol. The van der Waals surface area contributed by atoms with E-state index < -0.39 is 61.5 Å². The maximum Gasteiger partial charge on any atom is 0.249 e. The number of amides is 1. The quantitative estimate of drug-likeness (QED) is 0.0235. The summed E-state index contributed by atoms with van der Waals surface area (Å²) in [6.45, 7) is 3.51. The van der Waals surface area contributed by atoms with Crippen LogP contribution in [0.2, 0.25) is 0 Å². The minimum Gasteiger partial charge on any atom is -0.394 e. The lowest BCUT2D eigenvalue weighted by Gasteiger charge is -2.40. The first-order chi connectivity index (χ1) is 28.8. The average molecular weight is 838 g/mol. The molecule has 10 heteroatoms. The lowest BCUT2D eigenvalue weighted by molar-refractivity contribution is -0.302. The molecule has 1 rings (SSSR count). The number of allylic oxidation sites excluding steroid dienone is 5. The summed E-state index contributed by atoms with van der Waals surface area (Å²) in [5.74, 6) is -0.617. The van der Waals surface area contributed by atoms with Gasteiger partial charge in [0, 0.05) is 0 Å². The molecule has 0 aromatic carbocycles. The van der Waals surface area contributed by atoms with Gasteiger partial charge < -0.3 is 45.4 Å². The van der Waals surface area contributed by atoms with Crippen LogP contribution in [0.5, 0.6) is 0 Å². The Balaban J connectivity index is 2.36. The Morgan fingerprint density at radius 1 is 0.610 bits per heavy atom. The van der Waals surface area contributed by atoms with Gasteiger partial charge in [-0.1, -0.05) is 198 Å². The molecule has 59 heavy (non-hydrogen) atoms. The van der Waals surface area contributed by atoms with E-state index >= 15 is 0 Å². The van der Waals surface area contributed by atoms with Crippen LogP contribution in [-0.2, 0) is 14.3 Å². The Bertz CT molecular complexity index is 1040. The first kappa shape index (κ1) is 55.4. The summed E-state index contributed by atoms with van der Waals surface area (Å²) in [5.41, 5.74) is 0. The summed E-state index contributed by atoms with van der Waals surface area (Å²) in [5, 5.41) is 64.7. The summed E-state index contributed by atoms with van der Waals surface area (Å²) in [4.78, 5) is 13.1. The van der Waals surface area contributed by atoms with Crippen LogP contribution in [0.3, 0.4) is 0 Å². The Morgan fingerprint density at radius 3 is 1.59 bits per heavy atom. The Kier molecular flexibility index (Phi) is 36.8. The smallest absolute Gasteiger partial charge is 0.249 e. The molecule has 1 heterocycles. The highest BCUT2D eigenvalue weighted by Crippen LogP contribution is 2.23. The van der Waals surface area contributed by atoms with Crippen LogP contribution in [0, 0.1) is 0 Å². The van der Waals surface area contributed by atoms with Crippen molar-refractivity contribution in [3.8, 4) is 0 Å². The molecule has 0 spiro atoms. The van der Waals surface area contributed by atoms with Gasteiger partial charge in [-0.15, -0.1) is 0 Å². The van der Waals surface area contributed by atoms with Crippen LogP contribution in [0.15, 0.2) is 36.5 Å². The van der Waals surface area contributed by atoms with Crippen molar-refractivity contribution in [3.63, 3.8) is 0 Å². The molecule has 7 N–H and O–H groups in total. The van der Waals surface area contributed by atoms with E-state index in [1.54, 1.807) is 6.08 Å². The van der Waals surface area contributed by atoms with Crippen molar-refractivity contribution < 1.29 is 44.9 Å². The number of carbonyl (C=O) groups excluding carboxylic acids is 1. The number of nitrogens with one attached hydrogen (secondary N) is 1. The van der Waals surface area contributed by atoms with Crippen LogP contribution >= 0.6 is 0 Å². The predicted octanol–water partition coefficient (Wildman–Crippen LogP) is 9.42. The topological polar surface area (TPSA) is 169 Å². The number of rotatable bonds is 40. The van der Waals surface area contributed by atoms with Crippen LogP contribution in [-0.4, -0.2) is 98.7 Å². The van der Waals surface area contributed by atoms with Gasteiger partial charge in [0.15, 0.2) is 6.29 Å². The van der Waals surface area contributed by atoms with E-state index in [0.29, 0.717) is 12.8 Å². The molecule has 0 aliphatic carbocycles. The maximum atomic E-state index is 13.1. The second-order valence-electron chi connectivity index (χ2n) is 17.0. The highest BCUT2D eigenvalue weighted by Gasteiger charge is 2.44. The van der Waals surface area contributed by atoms with Crippen molar-refractivity contribution in [1.29, 1.82) is 0 Å². The molecule has 0 saturated carbocycles. The first-order valence-electron chi connectivity index (χ1n) is 24.3. The second kappa shape index (κ2) is 39.2. The molecule has 10 nitrogen and oxygen atoms in total. The van der Waals surface area contributed by atoms with Crippen molar-refractivity contribution >= 4 is 5.91 Å². The van der Waals surface area contributed by atoms with Gasteiger partial charge >= 0.3 is 0 Å². The number of aliphatic hydroxyl groups excluding tert-OH is 6. The van der Waals surface area contributed by atoms with E-state index in [1.165, 1.54) is 128 Å². The minimum atomic E-state index is -1.61. The zero-order valence-electron chi connectivity index (χ0n) is 37.6. The minimum absolute atomic E-state index is 0.305. The predicted molar refractivity (Wildman–Crippen MR) is 241 cm³/mol. The second-order valence-corrected chi connectivity index (χ2v) is 17.0. The molecule has 0 aromatic rings. The van der Waals surface area contributed by atoms with E-state index in [1.807, 2.05) is 6.08 Å². The van der Waals surface area contributed by atoms with Crippen molar-refractivity contribution in [2.24, 2.45) is 0 Å². The van der Waals surface area contributed by atoms with E-state index in [-0.39, 0.29) is 6.61 Å². The normalized spacial score (nSPS) is 21.5. The van der Waals surface area contributed by atoms with E-state index in [0.717, 1.165) is 51.4 Å². The zero-order valence-corrected chi connectivity index (χ0v) is 37.6. The summed E-state index contributed by atoms with van der Waals surface area (Å²) in [6.07, 6.45) is 38.0. The SMILES string of the molecule is CC/C=C\C/C=C\CCCCCCCCCCCCCCCC(O)C(=O)NC(COC1OC(CO)C(O)C(O)C1O)C(O)/C=C/CCCCCCCCCCCCCC. The average Bonchev–Trinajstić information content (AvgIpc) is 3.23. The molecule has 8 unspecified atom stereocenters. The number of carbonyl (C=O) groups is 1. The van der Waals surface area contributed by atoms with Gasteiger partial charge in [0.1, 0.15) is 30.5 Å². The van der Waals surface area contributed by atoms with Crippen molar-refractivity contribution in [3.05, 3.63) is 36.5 Å². The van der Waals surface area contributed by atoms with E-state index in [4.69, 9.17) is 9.47 Å². The Hall–Kier alpha value is -1.63. The Labute approximate surface area is 360 Å². The Morgan fingerprint density at radius 2 is 1.08 bits per heavy atom. The number of hydrogen-bond acceptors (Lipinski definition) is 9. The van der Waals surface area contributed by atoms with Gasteiger partial charge in [0.25, 0.3) is 0 Å². The fraction of sp³-hybridized carbons (Fsp3) is 0.857. The van der Waals surface area contributed by atoms with Crippen molar-refractivity contribution in [2.45, 2.75) is 255 Å². The third kappa shape index (κ3) is 29.3. The molecule has 1 amide bonds. The highest BCUT2D eigenvalue weighted by atomic mass is 16.7. The number of aliphatic hydroxyl groups is 6. The number of ether oxygens (including phenoxy) is 2. The lowest BCUT2D eigenvalue weighted by Crippen LogP contribution is -2.60. The summed E-state index contributed by atoms with van der Waals surface area (Å²) in [7, 11) is 0. The van der Waals surface area contributed by atoms with Crippen LogP contribution in [0.25, 0.3) is 0 Å². The van der Waals surface area contributed by atoms with E-state index in [9.17, 15) is 35.4 Å². The van der Waals surface area contributed by atoms with Gasteiger partial charge in [-0.25, -0.2) is 0 Å². The third-order valence-corrected chi connectivity index (χ3v) is 11.6. The molecule has 0 bridgehead atoms. The molecule has 1 aliphatic rings. The molecule has 8 atom stereocenters. The van der Waals surface area contributed by atoms with Crippen LogP contribution in [0.4, 0.5) is 0 Å².